The first-order valence-corrected chi connectivity index (χ1v) is 3.86. The minimum atomic E-state index is -0.0305. The molecular formula is C7H14N4OV. The molecule has 1 rings (SSSR count). The first-order chi connectivity index (χ1) is 5.54. The number of hydrogen-bond acceptors (Lipinski definition) is 2. The number of guanidine groups is 1. The zero-order chi connectivity index (χ0) is 9.30. The Morgan fingerprint density at radius 1 is 1.62 bits per heavy atom. The number of nitrogens with zero attached hydrogens (tertiary/aromatic N) is 2. The summed E-state index contributed by atoms with van der Waals surface area (Å²) in [4.78, 5) is 16.7. The van der Waals surface area contributed by atoms with Crippen molar-refractivity contribution in [3.63, 3.8) is 0 Å². The van der Waals surface area contributed by atoms with Crippen LogP contribution in [0.15, 0.2) is 4.99 Å². The Kier molecular flexibility index (Phi) is 4.29. The maximum Gasteiger partial charge on any atom is 0.229 e. The molecule has 1 aliphatic rings. The monoisotopic (exact) mass is 221 g/mol. The predicted octanol–water partition coefficient (Wildman–Crippen LogP) is -1.27. The summed E-state index contributed by atoms with van der Waals surface area (Å²) in [6.07, 6.45) is 0. The number of carbonyl (C=O) groups is 1. The molecule has 2 atom stereocenters. The van der Waals surface area contributed by atoms with Crippen molar-refractivity contribution in [1.29, 1.82) is 0 Å². The molecular weight excluding hydrogens is 207 g/mol. The molecule has 1 fully saturated rings. The molecule has 0 aromatic carbocycles. The van der Waals surface area contributed by atoms with Crippen LogP contribution in [0, 0.1) is 5.92 Å². The van der Waals surface area contributed by atoms with Gasteiger partial charge in [0.1, 0.15) is 0 Å². The second-order valence-electron chi connectivity index (χ2n) is 3.06. The molecule has 0 aliphatic carbocycles. The Hall–Kier alpha value is -0.676. The molecule has 1 heterocycles. The van der Waals surface area contributed by atoms with Gasteiger partial charge in [-0.1, -0.05) is 0 Å². The molecule has 6 heteroatoms. The van der Waals surface area contributed by atoms with E-state index in [-0.39, 0.29) is 42.4 Å². The molecule has 1 radical (unpaired) electrons. The van der Waals surface area contributed by atoms with Crippen molar-refractivity contribution in [3.05, 3.63) is 0 Å². The Morgan fingerprint density at radius 2 is 2.15 bits per heavy atom. The summed E-state index contributed by atoms with van der Waals surface area (Å²) in [5, 5.41) is 0. The molecule has 0 saturated carbocycles. The maximum atomic E-state index is 11.2. The molecule has 5 nitrogen and oxygen atoms in total. The summed E-state index contributed by atoms with van der Waals surface area (Å²) in [6.45, 7) is 2.39. The summed E-state index contributed by atoms with van der Waals surface area (Å²) in [6, 6.07) is 0.251. The van der Waals surface area contributed by atoms with Gasteiger partial charge in [0.2, 0.25) is 5.91 Å². The van der Waals surface area contributed by atoms with Crippen molar-refractivity contribution in [3.8, 4) is 0 Å². The fraction of sp³-hybridized carbons (Fsp3) is 0.714. The van der Waals surface area contributed by atoms with Crippen molar-refractivity contribution >= 4 is 11.9 Å². The Balaban J connectivity index is 0.00000144. The van der Waals surface area contributed by atoms with Crippen molar-refractivity contribution in [2.75, 3.05) is 13.6 Å². The van der Waals surface area contributed by atoms with Crippen molar-refractivity contribution in [2.24, 2.45) is 22.4 Å². The van der Waals surface area contributed by atoms with E-state index >= 15 is 0 Å². The minimum Gasteiger partial charge on any atom is -0.370 e. The van der Waals surface area contributed by atoms with Gasteiger partial charge in [0.15, 0.2) is 5.96 Å². The van der Waals surface area contributed by atoms with E-state index in [4.69, 9.17) is 11.5 Å². The van der Waals surface area contributed by atoms with E-state index < -0.39 is 0 Å². The van der Waals surface area contributed by atoms with Gasteiger partial charge in [-0.3, -0.25) is 9.79 Å². The molecule has 13 heavy (non-hydrogen) atoms. The molecule has 1 aliphatic heterocycles. The zero-order valence-corrected chi connectivity index (χ0v) is 9.16. The number of amides is 1. The van der Waals surface area contributed by atoms with Crippen LogP contribution >= 0.6 is 0 Å². The third-order valence-electron chi connectivity index (χ3n) is 2.33. The molecule has 0 aromatic heterocycles. The van der Waals surface area contributed by atoms with Crippen molar-refractivity contribution < 1.29 is 23.4 Å². The van der Waals surface area contributed by atoms with E-state index in [1.807, 2.05) is 6.92 Å². The van der Waals surface area contributed by atoms with Crippen LogP contribution in [0.25, 0.3) is 0 Å². The fourth-order valence-electron chi connectivity index (χ4n) is 1.29. The van der Waals surface area contributed by atoms with Crippen molar-refractivity contribution in [1.82, 2.24) is 4.90 Å². The van der Waals surface area contributed by atoms with E-state index in [0.29, 0.717) is 6.54 Å². The van der Waals surface area contributed by atoms with Crippen LogP contribution in [-0.2, 0) is 23.4 Å². The largest absolute Gasteiger partial charge is 0.370 e. The van der Waals surface area contributed by atoms with Crippen LogP contribution in [0.5, 0.6) is 0 Å². The van der Waals surface area contributed by atoms with Gasteiger partial charge in [-0.15, -0.1) is 0 Å². The van der Waals surface area contributed by atoms with Crippen LogP contribution < -0.4 is 11.5 Å². The minimum absolute atomic E-state index is 0. The summed E-state index contributed by atoms with van der Waals surface area (Å²) < 4.78 is 0. The second-order valence-corrected chi connectivity index (χ2v) is 3.06. The number of β-lactam (4-membered cyclic amide) rings is 1. The summed E-state index contributed by atoms with van der Waals surface area (Å²) in [7, 11) is 1.78. The molecule has 0 aromatic rings. The number of aliphatic imine (C=N–C) groups is 1. The van der Waals surface area contributed by atoms with Gasteiger partial charge in [0, 0.05) is 31.6 Å². The van der Waals surface area contributed by atoms with Gasteiger partial charge in [-0.25, -0.2) is 0 Å². The van der Waals surface area contributed by atoms with Crippen LogP contribution in [0.3, 0.4) is 0 Å². The van der Waals surface area contributed by atoms with Gasteiger partial charge in [0.25, 0.3) is 0 Å². The molecule has 0 spiro atoms. The van der Waals surface area contributed by atoms with Crippen LogP contribution in [0.2, 0.25) is 0 Å². The first kappa shape index (κ1) is 12.3. The number of hydrogen-bond donors (Lipinski definition) is 2. The maximum absolute atomic E-state index is 11.2. The van der Waals surface area contributed by atoms with Gasteiger partial charge < -0.3 is 16.4 Å². The number of likely N-dealkylation sites (tertiary alicyclic amines) is 1. The van der Waals surface area contributed by atoms with E-state index in [0.717, 1.165) is 0 Å². The van der Waals surface area contributed by atoms with Crippen LogP contribution in [-0.4, -0.2) is 36.4 Å². The van der Waals surface area contributed by atoms with E-state index in [2.05, 4.69) is 4.99 Å². The predicted molar refractivity (Wildman–Crippen MR) is 46.4 cm³/mol. The third-order valence-corrected chi connectivity index (χ3v) is 2.33. The summed E-state index contributed by atoms with van der Waals surface area (Å²) >= 11 is 0. The standard InChI is InChI=1S/C7H14N4O.V/c1-4-5(3-10-7(8)9)6(12)11(4)2;/h4-5H,3H2,1-2H3,(H4,8,9,10);. The summed E-state index contributed by atoms with van der Waals surface area (Å²) in [5.74, 6) is 0.133. The van der Waals surface area contributed by atoms with Crippen LogP contribution in [0.1, 0.15) is 6.92 Å². The molecule has 4 N–H and O–H groups in total. The van der Waals surface area contributed by atoms with E-state index in [1.54, 1.807) is 11.9 Å². The fourth-order valence-corrected chi connectivity index (χ4v) is 1.29. The second kappa shape index (κ2) is 4.53. The Labute approximate surface area is 89.4 Å². The first-order valence-electron chi connectivity index (χ1n) is 3.86. The smallest absolute Gasteiger partial charge is 0.229 e. The number of rotatable bonds is 2. The number of nitrogens with two attached hydrogens (primary N) is 2. The average molecular weight is 221 g/mol. The molecule has 0 bridgehead atoms. The zero-order valence-electron chi connectivity index (χ0n) is 7.77. The van der Waals surface area contributed by atoms with Crippen LogP contribution in [0.4, 0.5) is 0 Å². The normalized spacial score (nSPS) is 26.0. The quantitative estimate of drug-likeness (QED) is 0.346. The molecule has 1 amide bonds. The Morgan fingerprint density at radius 3 is 2.54 bits per heavy atom. The van der Waals surface area contributed by atoms with Gasteiger partial charge >= 0.3 is 0 Å². The SMILES string of the molecule is CC1C(CN=C(N)N)C(=O)N1C.[V]. The number of carbonyl (C=O) groups excluding carboxylic acids is 1. The molecule has 73 valence electrons. The molecule has 1 saturated heterocycles. The van der Waals surface area contributed by atoms with Gasteiger partial charge in [0.05, 0.1) is 12.5 Å². The van der Waals surface area contributed by atoms with Gasteiger partial charge in [-0.2, -0.15) is 0 Å². The molecule has 2 unspecified atom stereocenters. The van der Waals surface area contributed by atoms with E-state index in [9.17, 15) is 4.79 Å². The van der Waals surface area contributed by atoms with E-state index in [1.165, 1.54) is 0 Å². The Bertz CT molecular complexity index is 227. The van der Waals surface area contributed by atoms with Crippen molar-refractivity contribution in [2.45, 2.75) is 13.0 Å². The van der Waals surface area contributed by atoms with Gasteiger partial charge in [-0.05, 0) is 6.92 Å². The topological polar surface area (TPSA) is 84.7 Å². The average Bonchev–Trinajstić information content (AvgIpc) is 2.03. The summed E-state index contributed by atoms with van der Waals surface area (Å²) in [5.41, 5.74) is 10.3. The third kappa shape index (κ3) is 2.38.